The number of aliphatic imine (C=N–C) groups is 1. The number of nitrogens with two attached hydrogens (primary N) is 1. The maximum atomic E-state index is 6.09. The molecule has 1 aromatic heterocycles. The normalized spacial score (nSPS) is 13.8. The molecule has 0 atom stereocenters. The molecular formula is C19H17N3O2S. The zero-order valence-electron chi connectivity index (χ0n) is 13.5. The van der Waals surface area contributed by atoms with Crippen LogP contribution >= 0.6 is 11.8 Å². The van der Waals surface area contributed by atoms with Crippen molar-refractivity contribution in [2.24, 2.45) is 10.7 Å². The van der Waals surface area contributed by atoms with Gasteiger partial charge in [0.2, 0.25) is 0 Å². The van der Waals surface area contributed by atoms with Gasteiger partial charge in [0.05, 0.1) is 11.2 Å². The highest BCUT2D eigenvalue weighted by Gasteiger charge is 2.11. The average Bonchev–Trinajstić information content (AvgIpc) is 2.66. The number of rotatable bonds is 3. The molecule has 3 aromatic rings. The van der Waals surface area contributed by atoms with E-state index >= 15 is 0 Å². The lowest BCUT2D eigenvalue weighted by Crippen LogP contribution is -2.15. The van der Waals surface area contributed by atoms with Gasteiger partial charge in [-0.15, -0.1) is 0 Å². The van der Waals surface area contributed by atoms with E-state index in [9.17, 15) is 0 Å². The summed E-state index contributed by atoms with van der Waals surface area (Å²) in [5.41, 5.74) is 9.00. The second kappa shape index (κ2) is 7.03. The van der Waals surface area contributed by atoms with Crippen LogP contribution in [0.4, 0.5) is 5.69 Å². The van der Waals surface area contributed by atoms with Gasteiger partial charge in [-0.05, 0) is 23.8 Å². The number of thioether (sulfide) groups is 1. The Labute approximate surface area is 149 Å². The molecule has 1 aliphatic heterocycles. The first kappa shape index (κ1) is 15.8. The monoisotopic (exact) mass is 351 g/mol. The van der Waals surface area contributed by atoms with Gasteiger partial charge in [0.1, 0.15) is 13.2 Å². The summed E-state index contributed by atoms with van der Waals surface area (Å²) in [6, 6.07) is 15.7. The molecule has 2 heterocycles. The summed E-state index contributed by atoms with van der Waals surface area (Å²) in [6.45, 7) is 1.13. The molecule has 2 aromatic carbocycles. The average molecular weight is 351 g/mol. The van der Waals surface area contributed by atoms with Crippen molar-refractivity contribution >= 4 is 33.5 Å². The summed E-state index contributed by atoms with van der Waals surface area (Å²) in [6.07, 6.45) is 1.81. The quantitative estimate of drug-likeness (QED) is 0.573. The lowest BCUT2D eigenvalue weighted by atomic mass is 10.1. The number of aromatic nitrogens is 1. The summed E-state index contributed by atoms with van der Waals surface area (Å²) >= 11 is 1.49. The SMILES string of the molecule is NC(=Nc1ccc2c(c1)OCCO2)SCc1cccc2cccnc12. The van der Waals surface area contributed by atoms with Gasteiger partial charge in [-0.25, -0.2) is 4.99 Å². The number of fused-ring (bicyclic) bond motifs is 2. The maximum absolute atomic E-state index is 6.09. The second-order valence-corrected chi connectivity index (χ2v) is 6.55. The molecule has 0 unspecified atom stereocenters. The minimum atomic E-state index is 0.504. The van der Waals surface area contributed by atoms with Gasteiger partial charge in [-0.3, -0.25) is 4.98 Å². The van der Waals surface area contributed by atoms with Crippen molar-refractivity contribution in [1.82, 2.24) is 4.98 Å². The molecule has 1 aliphatic rings. The summed E-state index contributed by atoms with van der Waals surface area (Å²) in [4.78, 5) is 8.93. The smallest absolute Gasteiger partial charge is 0.163 e. The number of hydrogen-bond acceptors (Lipinski definition) is 5. The Morgan fingerprint density at radius 1 is 1.08 bits per heavy atom. The van der Waals surface area contributed by atoms with Crippen molar-refractivity contribution in [1.29, 1.82) is 0 Å². The van der Waals surface area contributed by atoms with E-state index in [4.69, 9.17) is 15.2 Å². The first-order valence-corrected chi connectivity index (χ1v) is 8.97. The molecule has 2 N–H and O–H groups in total. The molecule has 0 saturated carbocycles. The van der Waals surface area contributed by atoms with Crippen molar-refractivity contribution in [3.05, 3.63) is 60.3 Å². The van der Waals surface area contributed by atoms with E-state index in [0.717, 1.165) is 27.9 Å². The van der Waals surface area contributed by atoms with E-state index in [1.165, 1.54) is 11.8 Å². The van der Waals surface area contributed by atoms with Crippen molar-refractivity contribution < 1.29 is 9.47 Å². The lowest BCUT2D eigenvalue weighted by Gasteiger charge is -2.18. The molecular weight excluding hydrogens is 334 g/mol. The highest BCUT2D eigenvalue weighted by Crippen LogP contribution is 2.34. The lowest BCUT2D eigenvalue weighted by molar-refractivity contribution is 0.171. The van der Waals surface area contributed by atoms with Gasteiger partial charge in [0.15, 0.2) is 16.7 Å². The predicted octanol–water partition coefficient (Wildman–Crippen LogP) is 3.89. The van der Waals surface area contributed by atoms with Crippen LogP contribution in [-0.2, 0) is 5.75 Å². The molecule has 0 bridgehead atoms. The number of pyridine rings is 1. The van der Waals surface area contributed by atoms with E-state index < -0.39 is 0 Å². The Morgan fingerprint density at radius 3 is 2.84 bits per heavy atom. The van der Waals surface area contributed by atoms with Crippen molar-refractivity contribution in [3.8, 4) is 11.5 Å². The van der Waals surface area contributed by atoms with Crippen molar-refractivity contribution in [2.45, 2.75) is 5.75 Å². The van der Waals surface area contributed by atoms with Gasteiger partial charge in [-0.2, -0.15) is 0 Å². The fourth-order valence-electron chi connectivity index (χ4n) is 2.70. The van der Waals surface area contributed by atoms with E-state index in [1.807, 2.05) is 36.5 Å². The Hall–Kier alpha value is -2.73. The molecule has 126 valence electrons. The van der Waals surface area contributed by atoms with E-state index in [-0.39, 0.29) is 0 Å². The van der Waals surface area contributed by atoms with Crippen LogP contribution < -0.4 is 15.2 Å². The Bertz CT molecular complexity index is 938. The third-order valence-corrected chi connectivity index (χ3v) is 4.70. The summed E-state index contributed by atoms with van der Waals surface area (Å²) in [5, 5.41) is 1.63. The molecule has 0 saturated heterocycles. The number of para-hydroxylation sites is 1. The van der Waals surface area contributed by atoms with E-state index in [1.54, 1.807) is 0 Å². The number of amidine groups is 1. The fourth-order valence-corrected chi connectivity index (χ4v) is 3.40. The summed E-state index contributed by atoms with van der Waals surface area (Å²) < 4.78 is 11.1. The maximum Gasteiger partial charge on any atom is 0.163 e. The van der Waals surface area contributed by atoms with Crippen LogP contribution in [0.3, 0.4) is 0 Å². The highest BCUT2D eigenvalue weighted by atomic mass is 32.2. The third-order valence-electron chi connectivity index (χ3n) is 3.86. The molecule has 4 rings (SSSR count). The first-order chi connectivity index (χ1) is 12.3. The van der Waals surface area contributed by atoms with Gasteiger partial charge in [0.25, 0.3) is 0 Å². The largest absolute Gasteiger partial charge is 0.486 e. The second-order valence-electron chi connectivity index (χ2n) is 5.56. The fraction of sp³-hybridized carbons (Fsp3) is 0.158. The Kier molecular flexibility index (Phi) is 4.43. The molecule has 0 spiro atoms. The molecule has 0 aliphatic carbocycles. The standard InChI is InChI=1S/C19H17N3O2S/c20-19(22-15-6-7-16-17(11-15)24-10-9-23-16)25-12-14-4-1-3-13-5-2-8-21-18(13)14/h1-8,11H,9-10,12H2,(H2,20,22). The Balaban J connectivity index is 1.50. The van der Waals surface area contributed by atoms with Crippen LogP contribution in [0, 0.1) is 0 Å². The van der Waals surface area contributed by atoms with Crippen molar-refractivity contribution in [2.75, 3.05) is 13.2 Å². The number of ether oxygens (including phenoxy) is 2. The molecule has 6 heteroatoms. The molecule has 5 nitrogen and oxygen atoms in total. The van der Waals surface area contributed by atoms with Gasteiger partial charge in [-0.1, -0.05) is 36.0 Å². The van der Waals surface area contributed by atoms with E-state index in [2.05, 4.69) is 28.2 Å². The zero-order valence-corrected chi connectivity index (χ0v) is 14.3. The number of hydrogen-bond donors (Lipinski definition) is 1. The zero-order chi connectivity index (χ0) is 17.1. The van der Waals surface area contributed by atoms with Crippen LogP contribution in [0.25, 0.3) is 10.9 Å². The topological polar surface area (TPSA) is 69.7 Å². The van der Waals surface area contributed by atoms with Gasteiger partial charge in [0, 0.05) is 23.4 Å². The molecule has 0 radical (unpaired) electrons. The van der Waals surface area contributed by atoms with Gasteiger partial charge >= 0.3 is 0 Å². The van der Waals surface area contributed by atoms with Crippen LogP contribution in [0.5, 0.6) is 11.5 Å². The van der Waals surface area contributed by atoms with Crippen molar-refractivity contribution in [3.63, 3.8) is 0 Å². The summed E-state index contributed by atoms with van der Waals surface area (Å²) in [5.74, 6) is 2.18. The summed E-state index contributed by atoms with van der Waals surface area (Å²) in [7, 11) is 0. The third kappa shape index (κ3) is 3.53. The van der Waals surface area contributed by atoms with Gasteiger partial charge < -0.3 is 15.2 Å². The number of benzene rings is 2. The molecule has 0 fully saturated rings. The van der Waals surface area contributed by atoms with E-state index in [0.29, 0.717) is 29.9 Å². The highest BCUT2D eigenvalue weighted by molar-refractivity contribution is 8.13. The van der Waals surface area contributed by atoms with Crippen LogP contribution in [-0.4, -0.2) is 23.4 Å². The molecule has 0 amide bonds. The van der Waals surface area contributed by atoms with Crippen LogP contribution in [0.1, 0.15) is 5.56 Å². The van der Waals surface area contributed by atoms with Crippen LogP contribution in [0.15, 0.2) is 59.7 Å². The predicted molar refractivity (Wildman–Crippen MR) is 102 cm³/mol. The first-order valence-electron chi connectivity index (χ1n) is 7.99. The van der Waals surface area contributed by atoms with Crippen LogP contribution in [0.2, 0.25) is 0 Å². The number of nitrogens with zero attached hydrogens (tertiary/aromatic N) is 2. The minimum Gasteiger partial charge on any atom is -0.486 e. The molecule has 25 heavy (non-hydrogen) atoms. The Morgan fingerprint density at radius 2 is 1.92 bits per heavy atom. The minimum absolute atomic E-state index is 0.504.